The average Bonchev–Trinajstić information content (AvgIpc) is 2.61. The second-order valence-corrected chi connectivity index (χ2v) is 5.48. The van der Waals surface area contributed by atoms with E-state index in [0.29, 0.717) is 17.5 Å². The Morgan fingerprint density at radius 3 is 2.57 bits per heavy atom. The third kappa shape index (κ3) is 3.21. The number of hydrogen-bond donors (Lipinski definition) is 0. The summed E-state index contributed by atoms with van der Waals surface area (Å²) < 4.78 is 11.3. The molecule has 1 aliphatic rings. The lowest BCUT2D eigenvalue weighted by Gasteiger charge is -2.28. The van der Waals surface area contributed by atoms with Gasteiger partial charge in [-0.2, -0.15) is 0 Å². The molecule has 0 aliphatic heterocycles. The summed E-state index contributed by atoms with van der Waals surface area (Å²) in [5.41, 5.74) is -0.116. The molecule has 3 unspecified atom stereocenters. The predicted octanol–water partition coefficient (Wildman–Crippen LogP) is 3.13. The second-order valence-electron chi connectivity index (χ2n) is 4.30. The van der Waals surface area contributed by atoms with Crippen molar-refractivity contribution in [3.8, 4) is 0 Å². The maximum absolute atomic E-state index is 5.89. The molecular weight excluding hydrogens is 244 g/mol. The number of methoxy groups -OCH3 is 1. The Balaban J connectivity index is 2.31. The monoisotopic (exact) mass is 264 g/mol. The summed E-state index contributed by atoms with van der Waals surface area (Å²) in [7, 11) is 1.76. The van der Waals surface area contributed by atoms with Gasteiger partial charge in [-0.3, -0.25) is 0 Å². The smallest absolute Gasteiger partial charge is 0.0880 e. The summed E-state index contributed by atoms with van der Waals surface area (Å²) >= 11 is 3.65. The highest BCUT2D eigenvalue weighted by atomic mass is 79.9. The number of ether oxygens (including phenoxy) is 2. The Hall–Kier alpha value is 0.400. The minimum Gasteiger partial charge on any atom is -0.376 e. The first kappa shape index (κ1) is 12.5. The Kier molecular flexibility index (Phi) is 4.88. The third-order valence-corrected chi connectivity index (χ3v) is 4.26. The van der Waals surface area contributed by atoms with Gasteiger partial charge in [0.1, 0.15) is 0 Å². The molecule has 0 N–H and O–H groups in total. The Labute approximate surface area is 95.5 Å². The molecule has 14 heavy (non-hydrogen) atoms. The summed E-state index contributed by atoms with van der Waals surface area (Å²) in [6, 6.07) is 0. The van der Waals surface area contributed by atoms with Crippen molar-refractivity contribution in [1.29, 1.82) is 0 Å². The average molecular weight is 265 g/mol. The predicted molar refractivity (Wildman–Crippen MR) is 62.0 cm³/mol. The van der Waals surface area contributed by atoms with E-state index in [2.05, 4.69) is 29.8 Å². The highest BCUT2D eigenvalue weighted by molar-refractivity contribution is 9.09. The molecule has 0 heterocycles. The van der Waals surface area contributed by atoms with E-state index in [9.17, 15) is 0 Å². The number of alkyl halides is 1. The fourth-order valence-corrected chi connectivity index (χ4v) is 2.40. The SMILES string of the molecule is CCC(C)(COC1CCCC1Br)OC. The van der Waals surface area contributed by atoms with Crippen LogP contribution in [-0.2, 0) is 9.47 Å². The van der Waals surface area contributed by atoms with Gasteiger partial charge in [0.05, 0.1) is 18.3 Å². The summed E-state index contributed by atoms with van der Waals surface area (Å²) in [4.78, 5) is 0.542. The van der Waals surface area contributed by atoms with Crippen molar-refractivity contribution in [2.75, 3.05) is 13.7 Å². The molecule has 84 valence electrons. The Morgan fingerprint density at radius 2 is 2.14 bits per heavy atom. The van der Waals surface area contributed by atoms with Crippen LogP contribution in [0.3, 0.4) is 0 Å². The van der Waals surface area contributed by atoms with Crippen LogP contribution in [0, 0.1) is 0 Å². The molecule has 3 atom stereocenters. The second kappa shape index (κ2) is 5.47. The van der Waals surface area contributed by atoms with Crippen LogP contribution in [0.15, 0.2) is 0 Å². The minimum absolute atomic E-state index is 0.116. The van der Waals surface area contributed by atoms with Crippen LogP contribution in [0.5, 0.6) is 0 Å². The molecule has 0 radical (unpaired) electrons. The minimum atomic E-state index is -0.116. The zero-order valence-electron chi connectivity index (χ0n) is 9.38. The summed E-state index contributed by atoms with van der Waals surface area (Å²) in [6.45, 7) is 4.94. The first-order valence-corrected chi connectivity index (χ1v) is 6.33. The van der Waals surface area contributed by atoms with Crippen LogP contribution in [0.4, 0.5) is 0 Å². The molecule has 0 spiro atoms. The van der Waals surface area contributed by atoms with Crippen LogP contribution in [0.1, 0.15) is 39.5 Å². The van der Waals surface area contributed by atoms with Gasteiger partial charge >= 0.3 is 0 Å². The molecule has 0 aromatic rings. The summed E-state index contributed by atoms with van der Waals surface area (Å²) in [6.07, 6.45) is 5.07. The van der Waals surface area contributed by atoms with Crippen molar-refractivity contribution in [2.24, 2.45) is 0 Å². The Bertz CT molecular complexity index is 169. The van der Waals surface area contributed by atoms with Gasteiger partial charge in [-0.05, 0) is 32.6 Å². The lowest BCUT2D eigenvalue weighted by atomic mass is 10.1. The summed E-state index contributed by atoms with van der Waals surface area (Å²) in [5.74, 6) is 0. The van der Waals surface area contributed by atoms with E-state index in [1.54, 1.807) is 7.11 Å². The van der Waals surface area contributed by atoms with Crippen LogP contribution < -0.4 is 0 Å². The van der Waals surface area contributed by atoms with Crippen LogP contribution in [0.25, 0.3) is 0 Å². The van der Waals surface area contributed by atoms with E-state index >= 15 is 0 Å². The molecular formula is C11H21BrO2. The lowest BCUT2D eigenvalue weighted by molar-refractivity contribution is -0.0841. The van der Waals surface area contributed by atoms with Crippen molar-refractivity contribution in [3.63, 3.8) is 0 Å². The lowest BCUT2D eigenvalue weighted by Crippen LogP contribution is -2.35. The quantitative estimate of drug-likeness (QED) is 0.711. The zero-order valence-corrected chi connectivity index (χ0v) is 11.0. The van der Waals surface area contributed by atoms with E-state index in [-0.39, 0.29) is 5.60 Å². The first-order chi connectivity index (χ1) is 6.61. The molecule has 3 heteroatoms. The van der Waals surface area contributed by atoms with Gasteiger partial charge in [-0.15, -0.1) is 0 Å². The first-order valence-electron chi connectivity index (χ1n) is 5.42. The van der Waals surface area contributed by atoms with Gasteiger partial charge in [-0.25, -0.2) is 0 Å². The highest BCUT2D eigenvalue weighted by Crippen LogP contribution is 2.29. The van der Waals surface area contributed by atoms with Crippen molar-refractivity contribution in [3.05, 3.63) is 0 Å². The normalized spacial score (nSPS) is 31.7. The standard InChI is InChI=1S/C11H21BrO2/c1-4-11(2,13-3)8-14-10-7-5-6-9(10)12/h9-10H,4-8H2,1-3H3. The highest BCUT2D eigenvalue weighted by Gasteiger charge is 2.29. The molecule has 0 bridgehead atoms. The molecule has 0 saturated heterocycles. The molecule has 0 aromatic carbocycles. The van der Waals surface area contributed by atoms with Crippen LogP contribution >= 0.6 is 15.9 Å². The van der Waals surface area contributed by atoms with Gasteiger partial charge in [0, 0.05) is 11.9 Å². The molecule has 2 nitrogen and oxygen atoms in total. The molecule has 1 aliphatic carbocycles. The van der Waals surface area contributed by atoms with Gasteiger partial charge in [-0.1, -0.05) is 22.9 Å². The van der Waals surface area contributed by atoms with Gasteiger partial charge in [0.25, 0.3) is 0 Å². The Morgan fingerprint density at radius 1 is 1.43 bits per heavy atom. The van der Waals surface area contributed by atoms with Gasteiger partial charge in [0.15, 0.2) is 0 Å². The van der Waals surface area contributed by atoms with Crippen LogP contribution in [-0.4, -0.2) is 30.2 Å². The topological polar surface area (TPSA) is 18.5 Å². The molecule has 1 rings (SSSR count). The number of rotatable bonds is 5. The van der Waals surface area contributed by atoms with E-state index < -0.39 is 0 Å². The molecule has 0 aromatic heterocycles. The molecule has 1 fully saturated rings. The van der Waals surface area contributed by atoms with Gasteiger partial charge in [0.2, 0.25) is 0 Å². The number of hydrogen-bond acceptors (Lipinski definition) is 2. The van der Waals surface area contributed by atoms with Crippen molar-refractivity contribution in [1.82, 2.24) is 0 Å². The molecule has 0 amide bonds. The fraction of sp³-hybridized carbons (Fsp3) is 1.00. The fourth-order valence-electron chi connectivity index (χ4n) is 1.66. The summed E-state index contributed by atoms with van der Waals surface area (Å²) in [5, 5.41) is 0. The van der Waals surface area contributed by atoms with E-state index in [4.69, 9.17) is 9.47 Å². The largest absolute Gasteiger partial charge is 0.376 e. The third-order valence-electron chi connectivity index (χ3n) is 3.22. The van der Waals surface area contributed by atoms with E-state index in [0.717, 1.165) is 6.42 Å². The van der Waals surface area contributed by atoms with Crippen molar-refractivity contribution < 1.29 is 9.47 Å². The van der Waals surface area contributed by atoms with Crippen molar-refractivity contribution in [2.45, 2.75) is 56.1 Å². The van der Waals surface area contributed by atoms with Gasteiger partial charge < -0.3 is 9.47 Å². The zero-order chi connectivity index (χ0) is 10.6. The maximum Gasteiger partial charge on any atom is 0.0880 e. The van der Waals surface area contributed by atoms with Crippen molar-refractivity contribution >= 4 is 15.9 Å². The molecule has 1 saturated carbocycles. The number of halogens is 1. The van der Waals surface area contributed by atoms with Crippen LogP contribution in [0.2, 0.25) is 0 Å². The van der Waals surface area contributed by atoms with E-state index in [1.807, 2.05) is 0 Å². The van der Waals surface area contributed by atoms with E-state index in [1.165, 1.54) is 19.3 Å². The maximum atomic E-state index is 5.89.